The van der Waals surface area contributed by atoms with E-state index in [1.165, 1.54) is 0 Å². The number of rotatable bonds is 7. The zero-order chi connectivity index (χ0) is 14.3. The molecule has 4 nitrogen and oxygen atoms in total. The van der Waals surface area contributed by atoms with Crippen LogP contribution >= 0.6 is 0 Å². The molecule has 0 aliphatic heterocycles. The summed E-state index contributed by atoms with van der Waals surface area (Å²) in [6, 6.07) is 7.06. The highest BCUT2D eigenvalue weighted by atomic mass is 16.5. The average molecular weight is 265 g/mol. The molecule has 0 fully saturated rings. The van der Waals surface area contributed by atoms with Crippen LogP contribution in [0.2, 0.25) is 0 Å². The number of para-hydroxylation sites is 1. The van der Waals surface area contributed by atoms with E-state index >= 15 is 0 Å². The van der Waals surface area contributed by atoms with Crippen LogP contribution in [-0.4, -0.2) is 31.8 Å². The number of esters is 1. The van der Waals surface area contributed by atoms with E-state index in [0.29, 0.717) is 17.9 Å². The minimum atomic E-state index is -0.358. The average Bonchev–Trinajstić information content (AvgIpc) is 2.42. The van der Waals surface area contributed by atoms with Gasteiger partial charge in [-0.2, -0.15) is 0 Å². The highest BCUT2D eigenvalue weighted by Gasteiger charge is 2.21. The predicted molar refractivity (Wildman–Crippen MR) is 75.6 cm³/mol. The molecule has 1 N–H and O–H groups in total. The molecule has 0 bridgehead atoms. The third-order valence-corrected chi connectivity index (χ3v) is 2.74. The Morgan fingerprint density at radius 2 is 2.00 bits per heavy atom. The van der Waals surface area contributed by atoms with E-state index in [4.69, 9.17) is 9.47 Å². The molecule has 4 heteroatoms. The number of carbonyl (C=O) groups is 1. The largest absolute Gasteiger partial charge is 0.496 e. The smallest absolute Gasteiger partial charge is 0.341 e. The fourth-order valence-corrected chi connectivity index (χ4v) is 1.65. The maximum atomic E-state index is 12.0. The number of hydrogen-bond acceptors (Lipinski definition) is 4. The Kier molecular flexibility index (Phi) is 5.83. The number of ether oxygens (including phenoxy) is 2. The molecule has 1 aromatic carbocycles. The second-order valence-electron chi connectivity index (χ2n) is 5.09. The maximum Gasteiger partial charge on any atom is 0.341 e. The minimum absolute atomic E-state index is 0.228. The first-order valence-corrected chi connectivity index (χ1v) is 6.55. The lowest BCUT2D eigenvalue weighted by Crippen LogP contribution is -2.44. The molecule has 0 radical (unpaired) electrons. The van der Waals surface area contributed by atoms with Crippen molar-refractivity contribution in [1.82, 2.24) is 5.32 Å². The fraction of sp³-hybridized carbons (Fsp3) is 0.533. The molecule has 0 aliphatic carbocycles. The summed E-state index contributed by atoms with van der Waals surface area (Å²) in [4.78, 5) is 12.0. The number of nitrogens with one attached hydrogen (secondary N) is 1. The summed E-state index contributed by atoms with van der Waals surface area (Å²) in [7, 11) is 1.54. The van der Waals surface area contributed by atoms with Crippen LogP contribution in [0.15, 0.2) is 24.3 Å². The van der Waals surface area contributed by atoms with Gasteiger partial charge in [0.05, 0.1) is 7.11 Å². The summed E-state index contributed by atoms with van der Waals surface area (Å²) in [5.41, 5.74) is 0.226. The van der Waals surface area contributed by atoms with Crippen molar-refractivity contribution in [3.8, 4) is 5.75 Å². The molecule has 0 atom stereocenters. The molecule has 0 saturated heterocycles. The Morgan fingerprint density at radius 1 is 1.32 bits per heavy atom. The van der Waals surface area contributed by atoms with Gasteiger partial charge in [-0.3, -0.25) is 0 Å². The first-order chi connectivity index (χ1) is 9.00. The lowest BCUT2D eigenvalue weighted by Gasteiger charge is -2.25. The van der Waals surface area contributed by atoms with E-state index in [9.17, 15) is 4.79 Å². The first kappa shape index (κ1) is 15.5. The standard InChI is InChI=1S/C15H23NO3/c1-5-10-16-15(2,3)11-19-14(17)12-8-6-7-9-13(12)18-4/h6-9,16H,5,10-11H2,1-4H3. The lowest BCUT2D eigenvalue weighted by atomic mass is 10.1. The molecule has 0 heterocycles. The topological polar surface area (TPSA) is 47.6 Å². The van der Waals surface area contributed by atoms with Gasteiger partial charge in [0.25, 0.3) is 0 Å². The lowest BCUT2D eigenvalue weighted by molar-refractivity contribution is 0.0397. The van der Waals surface area contributed by atoms with Gasteiger partial charge in [-0.1, -0.05) is 19.1 Å². The van der Waals surface area contributed by atoms with Crippen molar-refractivity contribution in [2.75, 3.05) is 20.3 Å². The summed E-state index contributed by atoms with van der Waals surface area (Å²) in [5.74, 6) is 0.177. The number of benzene rings is 1. The molecular formula is C15H23NO3. The van der Waals surface area contributed by atoms with E-state index in [2.05, 4.69) is 12.2 Å². The zero-order valence-corrected chi connectivity index (χ0v) is 12.2. The van der Waals surface area contributed by atoms with E-state index in [1.807, 2.05) is 19.9 Å². The summed E-state index contributed by atoms with van der Waals surface area (Å²) in [6.45, 7) is 7.35. The summed E-state index contributed by atoms with van der Waals surface area (Å²) < 4.78 is 10.5. The van der Waals surface area contributed by atoms with Gasteiger partial charge in [0, 0.05) is 5.54 Å². The Balaban J connectivity index is 2.60. The SMILES string of the molecule is CCCNC(C)(C)COC(=O)c1ccccc1OC. The second kappa shape index (κ2) is 7.14. The number of methoxy groups -OCH3 is 1. The molecule has 106 valence electrons. The van der Waals surface area contributed by atoms with Gasteiger partial charge >= 0.3 is 5.97 Å². The summed E-state index contributed by atoms with van der Waals surface area (Å²) in [5, 5.41) is 3.34. The quantitative estimate of drug-likeness (QED) is 0.770. The van der Waals surface area contributed by atoms with Crippen LogP contribution in [0.25, 0.3) is 0 Å². The monoisotopic (exact) mass is 265 g/mol. The molecule has 0 aromatic heterocycles. The van der Waals surface area contributed by atoms with E-state index in [-0.39, 0.29) is 11.5 Å². The Bertz CT molecular complexity index is 416. The minimum Gasteiger partial charge on any atom is -0.496 e. The predicted octanol–water partition coefficient (Wildman–Crippen LogP) is 2.63. The van der Waals surface area contributed by atoms with Crippen molar-refractivity contribution in [3.05, 3.63) is 29.8 Å². The van der Waals surface area contributed by atoms with E-state index < -0.39 is 0 Å². The van der Waals surface area contributed by atoms with Crippen molar-refractivity contribution in [2.24, 2.45) is 0 Å². The zero-order valence-electron chi connectivity index (χ0n) is 12.2. The molecule has 0 aliphatic rings. The summed E-state index contributed by atoms with van der Waals surface area (Å²) >= 11 is 0. The van der Waals surface area contributed by atoms with Crippen molar-refractivity contribution in [1.29, 1.82) is 0 Å². The molecule has 1 rings (SSSR count). The van der Waals surface area contributed by atoms with Crippen molar-refractivity contribution >= 4 is 5.97 Å². The van der Waals surface area contributed by atoms with Crippen LogP contribution in [0.1, 0.15) is 37.6 Å². The van der Waals surface area contributed by atoms with Crippen LogP contribution in [0.4, 0.5) is 0 Å². The third-order valence-electron chi connectivity index (χ3n) is 2.74. The normalized spacial score (nSPS) is 11.2. The van der Waals surface area contributed by atoms with Crippen LogP contribution in [0, 0.1) is 0 Å². The number of carbonyl (C=O) groups excluding carboxylic acids is 1. The highest BCUT2D eigenvalue weighted by molar-refractivity contribution is 5.92. The van der Waals surface area contributed by atoms with Gasteiger partial charge in [-0.25, -0.2) is 4.79 Å². The van der Waals surface area contributed by atoms with Crippen molar-refractivity contribution in [2.45, 2.75) is 32.7 Å². The Hall–Kier alpha value is -1.55. The molecule has 1 aromatic rings. The van der Waals surface area contributed by atoms with Gasteiger partial charge < -0.3 is 14.8 Å². The molecule has 19 heavy (non-hydrogen) atoms. The van der Waals surface area contributed by atoms with Crippen LogP contribution < -0.4 is 10.1 Å². The van der Waals surface area contributed by atoms with Crippen LogP contribution in [-0.2, 0) is 4.74 Å². The van der Waals surface area contributed by atoms with E-state index in [1.54, 1.807) is 25.3 Å². The number of hydrogen-bond donors (Lipinski definition) is 1. The van der Waals surface area contributed by atoms with Gasteiger partial charge in [0.2, 0.25) is 0 Å². The molecule has 0 unspecified atom stereocenters. The second-order valence-corrected chi connectivity index (χ2v) is 5.09. The summed E-state index contributed by atoms with van der Waals surface area (Å²) in [6.07, 6.45) is 1.05. The third kappa shape index (κ3) is 4.91. The van der Waals surface area contributed by atoms with Gasteiger partial charge in [-0.15, -0.1) is 0 Å². The Morgan fingerprint density at radius 3 is 2.63 bits per heavy atom. The van der Waals surface area contributed by atoms with Crippen LogP contribution in [0.5, 0.6) is 5.75 Å². The maximum absolute atomic E-state index is 12.0. The van der Waals surface area contributed by atoms with E-state index in [0.717, 1.165) is 13.0 Å². The Labute approximate surface area is 115 Å². The van der Waals surface area contributed by atoms with Gasteiger partial charge in [0.15, 0.2) is 0 Å². The van der Waals surface area contributed by atoms with Crippen molar-refractivity contribution < 1.29 is 14.3 Å². The van der Waals surface area contributed by atoms with Crippen LogP contribution in [0.3, 0.4) is 0 Å². The van der Waals surface area contributed by atoms with Crippen molar-refractivity contribution in [3.63, 3.8) is 0 Å². The highest BCUT2D eigenvalue weighted by Crippen LogP contribution is 2.18. The molecule has 0 amide bonds. The van der Waals surface area contributed by atoms with Gasteiger partial charge in [-0.05, 0) is 38.9 Å². The van der Waals surface area contributed by atoms with Gasteiger partial charge in [0.1, 0.15) is 17.9 Å². The fourth-order valence-electron chi connectivity index (χ4n) is 1.65. The molecule has 0 spiro atoms. The molecular weight excluding hydrogens is 242 g/mol. The molecule has 0 saturated carbocycles. The first-order valence-electron chi connectivity index (χ1n) is 6.55.